The van der Waals surface area contributed by atoms with Crippen molar-refractivity contribution >= 4 is 0 Å². The molecule has 2 saturated heterocycles. The molecule has 0 aromatic carbocycles. The fraction of sp³-hybridized carbons (Fsp3) is 1.00. The second-order valence-electron chi connectivity index (χ2n) is 7.86. The Morgan fingerprint density at radius 1 is 1.14 bits per heavy atom. The minimum atomic E-state index is 0.0661. The third-order valence-electron chi connectivity index (χ3n) is 6.68. The van der Waals surface area contributed by atoms with E-state index in [0.29, 0.717) is 0 Å². The Balaban J connectivity index is 1.46. The molecule has 4 rings (SSSR count). The van der Waals surface area contributed by atoms with Crippen LogP contribution in [0.25, 0.3) is 0 Å². The van der Waals surface area contributed by atoms with E-state index >= 15 is 0 Å². The molecule has 0 aromatic rings. The summed E-state index contributed by atoms with van der Waals surface area (Å²) >= 11 is 0. The van der Waals surface area contributed by atoms with Gasteiger partial charge in [0.05, 0.1) is 12.2 Å². The van der Waals surface area contributed by atoms with Gasteiger partial charge in [-0.15, -0.1) is 0 Å². The summed E-state index contributed by atoms with van der Waals surface area (Å²) in [6, 6.07) is 0.740. The summed E-state index contributed by atoms with van der Waals surface area (Å²) in [5.41, 5.74) is 0.0661. The van der Waals surface area contributed by atoms with E-state index in [0.717, 1.165) is 62.5 Å². The van der Waals surface area contributed by atoms with Gasteiger partial charge < -0.3 is 14.8 Å². The first-order valence-corrected chi connectivity index (χ1v) is 9.28. The van der Waals surface area contributed by atoms with E-state index in [9.17, 15) is 0 Å². The Hall–Kier alpha value is -0.120. The number of fused-ring (bicyclic) bond motifs is 1. The molecule has 0 bridgehead atoms. The number of rotatable bonds is 4. The molecule has 4 fully saturated rings. The lowest BCUT2D eigenvalue weighted by Gasteiger charge is -2.41. The third kappa shape index (κ3) is 2.66. The molecule has 0 aromatic heterocycles. The molecule has 2 aliphatic carbocycles. The molecule has 5 atom stereocenters. The molecular formula is C18H31NO2. The Kier molecular flexibility index (Phi) is 4.01. The SMILES string of the molecule is CCNC(C1CCOC2(CCOC2)C1)C1C2CCCCC21. The molecular weight excluding hydrogens is 262 g/mol. The van der Waals surface area contributed by atoms with Crippen LogP contribution in [0, 0.1) is 23.7 Å². The fourth-order valence-electron chi connectivity index (χ4n) is 5.67. The number of hydrogen-bond acceptors (Lipinski definition) is 3. The van der Waals surface area contributed by atoms with Crippen LogP contribution < -0.4 is 5.32 Å². The second kappa shape index (κ2) is 5.82. The van der Waals surface area contributed by atoms with Gasteiger partial charge in [0.25, 0.3) is 0 Å². The van der Waals surface area contributed by atoms with Crippen molar-refractivity contribution in [3.05, 3.63) is 0 Å². The van der Waals surface area contributed by atoms with Crippen molar-refractivity contribution in [1.82, 2.24) is 5.32 Å². The average Bonchev–Trinajstić information content (AvgIpc) is 3.08. The summed E-state index contributed by atoms with van der Waals surface area (Å²) in [6.07, 6.45) is 9.52. The lowest BCUT2D eigenvalue weighted by molar-refractivity contribution is -0.104. The van der Waals surface area contributed by atoms with Crippen LogP contribution in [0.3, 0.4) is 0 Å². The molecule has 21 heavy (non-hydrogen) atoms. The van der Waals surface area contributed by atoms with Crippen molar-refractivity contribution in [2.24, 2.45) is 23.7 Å². The molecule has 2 heterocycles. The van der Waals surface area contributed by atoms with Gasteiger partial charge in [-0.3, -0.25) is 0 Å². The zero-order valence-electron chi connectivity index (χ0n) is 13.5. The topological polar surface area (TPSA) is 30.5 Å². The maximum atomic E-state index is 6.15. The van der Waals surface area contributed by atoms with Gasteiger partial charge in [0, 0.05) is 25.7 Å². The largest absolute Gasteiger partial charge is 0.378 e. The standard InChI is InChI=1S/C18H31NO2/c1-2-19-17(16-14-5-3-4-6-15(14)16)13-7-9-21-18(11-13)8-10-20-12-18/h13-17,19H,2-12H2,1H3. The van der Waals surface area contributed by atoms with E-state index in [-0.39, 0.29) is 5.60 Å². The van der Waals surface area contributed by atoms with Gasteiger partial charge in [-0.2, -0.15) is 0 Å². The van der Waals surface area contributed by atoms with Crippen molar-refractivity contribution in [2.75, 3.05) is 26.4 Å². The van der Waals surface area contributed by atoms with Gasteiger partial charge in [0.15, 0.2) is 0 Å². The minimum Gasteiger partial charge on any atom is -0.378 e. The molecule has 3 heteroatoms. The molecule has 120 valence electrons. The summed E-state index contributed by atoms with van der Waals surface area (Å²) in [6.45, 7) is 6.05. The predicted octanol–water partition coefficient (Wildman–Crippen LogP) is 2.99. The molecule has 2 aliphatic heterocycles. The van der Waals surface area contributed by atoms with Crippen LogP contribution in [0.1, 0.15) is 51.9 Å². The van der Waals surface area contributed by atoms with Crippen LogP contribution in [0.4, 0.5) is 0 Å². The van der Waals surface area contributed by atoms with E-state index in [1.165, 1.54) is 38.5 Å². The number of ether oxygens (including phenoxy) is 2. The van der Waals surface area contributed by atoms with Crippen LogP contribution >= 0.6 is 0 Å². The summed E-state index contributed by atoms with van der Waals surface area (Å²) in [5, 5.41) is 3.88. The smallest absolute Gasteiger partial charge is 0.0939 e. The Morgan fingerprint density at radius 3 is 2.62 bits per heavy atom. The quantitative estimate of drug-likeness (QED) is 0.864. The lowest BCUT2D eigenvalue weighted by atomic mass is 9.79. The Morgan fingerprint density at radius 2 is 1.95 bits per heavy atom. The third-order valence-corrected chi connectivity index (χ3v) is 6.68. The van der Waals surface area contributed by atoms with Crippen LogP contribution in [0.5, 0.6) is 0 Å². The van der Waals surface area contributed by atoms with Gasteiger partial charge in [-0.1, -0.05) is 19.8 Å². The summed E-state index contributed by atoms with van der Waals surface area (Å²) in [7, 11) is 0. The van der Waals surface area contributed by atoms with E-state index in [1.54, 1.807) is 0 Å². The van der Waals surface area contributed by atoms with Crippen LogP contribution in [0.2, 0.25) is 0 Å². The van der Waals surface area contributed by atoms with Gasteiger partial charge >= 0.3 is 0 Å². The second-order valence-corrected chi connectivity index (χ2v) is 7.86. The van der Waals surface area contributed by atoms with Crippen molar-refractivity contribution in [3.8, 4) is 0 Å². The first-order chi connectivity index (χ1) is 10.3. The van der Waals surface area contributed by atoms with Crippen molar-refractivity contribution < 1.29 is 9.47 Å². The fourth-order valence-corrected chi connectivity index (χ4v) is 5.67. The Bertz CT molecular complexity index is 354. The van der Waals surface area contributed by atoms with Crippen molar-refractivity contribution in [2.45, 2.75) is 63.5 Å². The van der Waals surface area contributed by atoms with Crippen LogP contribution in [-0.4, -0.2) is 38.0 Å². The average molecular weight is 293 g/mol. The highest BCUT2D eigenvalue weighted by molar-refractivity contribution is 5.07. The first kappa shape index (κ1) is 14.5. The van der Waals surface area contributed by atoms with Gasteiger partial charge in [-0.05, 0) is 55.9 Å². The van der Waals surface area contributed by atoms with Crippen molar-refractivity contribution in [3.63, 3.8) is 0 Å². The molecule has 5 unspecified atom stereocenters. The number of hydrogen-bond donors (Lipinski definition) is 1. The summed E-state index contributed by atoms with van der Waals surface area (Å²) in [4.78, 5) is 0. The van der Waals surface area contributed by atoms with Crippen LogP contribution in [0.15, 0.2) is 0 Å². The highest BCUT2D eigenvalue weighted by atomic mass is 16.6. The lowest BCUT2D eigenvalue weighted by Crippen LogP contribution is -2.48. The summed E-state index contributed by atoms with van der Waals surface area (Å²) in [5.74, 6) is 3.86. The molecule has 0 radical (unpaired) electrons. The molecule has 1 N–H and O–H groups in total. The van der Waals surface area contributed by atoms with Gasteiger partial charge in [-0.25, -0.2) is 0 Å². The molecule has 0 amide bonds. The predicted molar refractivity (Wildman–Crippen MR) is 83.2 cm³/mol. The zero-order chi connectivity index (χ0) is 14.3. The van der Waals surface area contributed by atoms with Crippen LogP contribution in [-0.2, 0) is 9.47 Å². The van der Waals surface area contributed by atoms with Gasteiger partial charge in [0.1, 0.15) is 0 Å². The van der Waals surface area contributed by atoms with Gasteiger partial charge in [0.2, 0.25) is 0 Å². The maximum absolute atomic E-state index is 6.15. The molecule has 2 saturated carbocycles. The Labute approximate surface area is 129 Å². The number of nitrogens with one attached hydrogen (secondary N) is 1. The van der Waals surface area contributed by atoms with E-state index in [1.807, 2.05) is 0 Å². The highest BCUT2D eigenvalue weighted by Gasteiger charge is 2.56. The van der Waals surface area contributed by atoms with E-state index in [2.05, 4.69) is 12.2 Å². The van der Waals surface area contributed by atoms with E-state index in [4.69, 9.17) is 9.47 Å². The zero-order valence-corrected chi connectivity index (χ0v) is 13.5. The first-order valence-electron chi connectivity index (χ1n) is 9.28. The molecule has 3 nitrogen and oxygen atoms in total. The minimum absolute atomic E-state index is 0.0661. The maximum Gasteiger partial charge on any atom is 0.0939 e. The summed E-state index contributed by atoms with van der Waals surface area (Å²) < 4.78 is 11.8. The highest BCUT2D eigenvalue weighted by Crippen LogP contribution is 2.59. The normalized spacial score (nSPS) is 47.3. The molecule has 1 spiro atoms. The molecule has 4 aliphatic rings. The van der Waals surface area contributed by atoms with E-state index < -0.39 is 0 Å². The monoisotopic (exact) mass is 293 g/mol. The van der Waals surface area contributed by atoms with Crippen molar-refractivity contribution in [1.29, 1.82) is 0 Å².